The van der Waals surface area contributed by atoms with Gasteiger partial charge in [-0.1, -0.05) is 61.5 Å². The van der Waals surface area contributed by atoms with Crippen molar-refractivity contribution in [2.24, 2.45) is 5.92 Å². The molecule has 0 aliphatic carbocycles. The summed E-state index contributed by atoms with van der Waals surface area (Å²) in [6.45, 7) is 1.46. The highest BCUT2D eigenvalue weighted by atomic mass is 19.2. The third kappa shape index (κ3) is 5.71. The second-order valence-corrected chi connectivity index (χ2v) is 7.79. The van der Waals surface area contributed by atoms with Crippen LogP contribution in [0.3, 0.4) is 0 Å². The van der Waals surface area contributed by atoms with E-state index in [1.807, 2.05) is 54.6 Å². The molecule has 0 aliphatic heterocycles. The van der Waals surface area contributed by atoms with Crippen LogP contribution in [0.2, 0.25) is 0 Å². The van der Waals surface area contributed by atoms with Crippen molar-refractivity contribution in [1.29, 1.82) is 0 Å². The van der Waals surface area contributed by atoms with Crippen molar-refractivity contribution >= 4 is 11.9 Å². The first kappa shape index (κ1) is 23.8. The predicted molar refractivity (Wildman–Crippen MR) is 116 cm³/mol. The molecule has 0 unspecified atom stereocenters. The summed E-state index contributed by atoms with van der Waals surface area (Å²) >= 11 is 0. The van der Waals surface area contributed by atoms with Gasteiger partial charge in [-0.05, 0) is 35.6 Å². The molecule has 0 fully saturated rings. The molecule has 0 radical (unpaired) electrons. The summed E-state index contributed by atoms with van der Waals surface area (Å²) in [7, 11) is 0. The lowest BCUT2D eigenvalue weighted by Crippen LogP contribution is -2.39. The molecular weight excluding hydrogens is 435 g/mol. The van der Waals surface area contributed by atoms with Crippen LogP contribution in [-0.4, -0.2) is 28.1 Å². The van der Waals surface area contributed by atoms with Crippen molar-refractivity contribution in [3.63, 3.8) is 0 Å². The molecule has 3 rings (SSSR count). The van der Waals surface area contributed by atoms with Crippen molar-refractivity contribution < 1.29 is 33.0 Å². The van der Waals surface area contributed by atoms with Gasteiger partial charge in [0.05, 0.1) is 11.5 Å². The second kappa shape index (κ2) is 10.2. The molecule has 3 N–H and O–H groups in total. The van der Waals surface area contributed by atoms with Crippen molar-refractivity contribution in [2.45, 2.75) is 25.8 Å². The van der Waals surface area contributed by atoms with E-state index in [1.54, 1.807) is 0 Å². The minimum atomic E-state index is -1.79. The normalized spacial score (nSPS) is 12.7. The number of hydrogen-bond acceptors (Lipinski definition) is 3. The van der Waals surface area contributed by atoms with E-state index < -0.39 is 52.6 Å². The fourth-order valence-corrected chi connectivity index (χ4v) is 3.49. The van der Waals surface area contributed by atoms with E-state index in [0.29, 0.717) is 6.07 Å². The fourth-order valence-electron chi connectivity index (χ4n) is 3.49. The summed E-state index contributed by atoms with van der Waals surface area (Å²) in [6, 6.07) is 16.7. The van der Waals surface area contributed by atoms with Gasteiger partial charge in [-0.2, -0.15) is 4.39 Å². The SMILES string of the molecule is C[C@H](C[C@@H](Cc1ccc(-c2ccccc2)cc1)NC(=O)c1cc(F)c(F)c(O)c1F)C(=O)O. The number of carboxylic acid groups (broad SMARTS) is 1. The maximum Gasteiger partial charge on any atom is 0.306 e. The lowest BCUT2D eigenvalue weighted by Gasteiger charge is -2.21. The van der Waals surface area contributed by atoms with Gasteiger partial charge in [-0.3, -0.25) is 9.59 Å². The predicted octanol–water partition coefficient (Wildman–Crippen LogP) is 4.93. The number of carbonyl (C=O) groups is 2. The van der Waals surface area contributed by atoms with Crippen LogP contribution in [0, 0.1) is 23.4 Å². The Bertz CT molecular complexity index is 1150. The first-order chi connectivity index (χ1) is 15.7. The molecule has 1 amide bonds. The summed E-state index contributed by atoms with van der Waals surface area (Å²) < 4.78 is 41.1. The monoisotopic (exact) mass is 457 g/mol. The number of carbonyl (C=O) groups excluding carboxylic acids is 1. The van der Waals surface area contributed by atoms with Gasteiger partial charge >= 0.3 is 5.97 Å². The largest absolute Gasteiger partial charge is 0.503 e. The lowest BCUT2D eigenvalue weighted by atomic mass is 9.94. The number of nitrogens with one attached hydrogen (secondary N) is 1. The van der Waals surface area contributed by atoms with E-state index in [-0.39, 0.29) is 12.8 Å². The van der Waals surface area contributed by atoms with Crippen LogP contribution in [0.1, 0.15) is 29.3 Å². The average molecular weight is 457 g/mol. The number of aromatic hydroxyl groups is 1. The molecule has 3 aromatic rings. The number of hydrogen-bond donors (Lipinski definition) is 3. The topological polar surface area (TPSA) is 86.6 Å². The Balaban J connectivity index is 1.82. The van der Waals surface area contributed by atoms with Gasteiger partial charge in [0.1, 0.15) is 0 Å². The van der Waals surface area contributed by atoms with E-state index in [4.69, 9.17) is 0 Å². The van der Waals surface area contributed by atoms with Crippen LogP contribution in [0.15, 0.2) is 60.7 Å². The van der Waals surface area contributed by atoms with Crippen LogP contribution >= 0.6 is 0 Å². The Morgan fingerprint density at radius 2 is 1.55 bits per heavy atom. The first-order valence-corrected chi connectivity index (χ1v) is 10.2. The van der Waals surface area contributed by atoms with Crippen LogP contribution in [0.4, 0.5) is 13.2 Å². The maximum absolute atomic E-state index is 14.2. The number of aliphatic carboxylic acids is 1. The molecule has 0 heterocycles. The number of rotatable bonds is 8. The highest BCUT2D eigenvalue weighted by molar-refractivity contribution is 5.95. The Kier molecular flexibility index (Phi) is 7.37. The smallest absolute Gasteiger partial charge is 0.306 e. The van der Waals surface area contributed by atoms with Crippen molar-refractivity contribution in [3.05, 3.63) is 89.2 Å². The summed E-state index contributed by atoms with van der Waals surface area (Å²) in [6.07, 6.45) is 0.231. The maximum atomic E-state index is 14.2. The van der Waals surface area contributed by atoms with Gasteiger partial charge in [0.25, 0.3) is 5.91 Å². The van der Waals surface area contributed by atoms with E-state index in [9.17, 15) is 33.0 Å². The fraction of sp³-hybridized carbons (Fsp3) is 0.200. The molecule has 0 bridgehead atoms. The van der Waals surface area contributed by atoms with E-state index in [2.05, 4.69) is 5.32 Å². The molecule has 0 saturated heterocycles. The Morgan fingerprint density at radius 1 is 0.939 bits per heavy atom. The van der Waals surface area contributed by atoms with E-state index in [0.717, 1.165) is 16.7 Å². The molecule has 0 aromatic heterocycles. The lowest BCUT2D eigenvalue weighted by molar-refractivity contribution is -0.141. The van der Waals surface area contributed by atoms with E-state index >= 15 is 0 Å². The third-order valence-corrected chi connectivity index (χ3v) is 5.32. The summed E-state index contributed by atoms with van der Waals surface area (Å²) in [4.78, 5) is 23.9. The van der Waals surface area contributed by atoms with Gasteiger partial charge < -0.3 is 15.5 Å². The quantitative estimate of drug-likeness (QED) is 0.419. The van der Waals surface area contributed by atoms with Crippen molar-refractivity contribution in [3.8, 4) is 16.9 Å². The molecule has 33 heavy (non-hydrogen) atoms. The van der Waals surface area contributed by atoms with Crippen LogP contribution in [0.25, 0.3) is 11.1 Å². The van der Waals surface area contributed by atoms with Crippen LogP contribution in [-0.2, 0) is 11.2 Å². The Morgan fingerprint density at radius 3 is 2.15 bits per heavy atom. The average Bonchev–Trinajstić information content (AvgIpc) is 2.80. The highest BCUT2D eigenvalue weighted by Gasteiger charge is 2.26. The molecule has 2 atom stereocenters. The number of phenolic OH excluding ortho intramolecular Hbond substituents is 1. The van der Waals surface area contributed by atoms with Gasteiger partial charge in [0.2, 0.25) is 5.82 Å². The standard InChI is InChI=1S/C25H22F3NO4/c1-14(25(32)33)11-18(29-24(31)19-13-20(26)22(28)23(30)21(19)27)12-15-7-9-17(10-8-15)16-5-3-2-4-6-16/h2-10,13-14,18,30H,11-12H2,1H3,(H,29,31)(H,32,33)/t14-,18+/m1/s1. The Hall–Kier alpha value is -3.81. The minimum absolute atomic E-state index is 0.0127. The summed E-state index contributed by atoms with van der Waals surface area (Å²) in [5.41, 5.74) is 1.89. The number of halogens is 3. The number of amides is 1. The zero-order valence-electron chi connectivity index (χ0n) is 17.7. The van der Waals surface area contributed by atoms with Crippen molar-refractivity contribution in [1.82, 2.24) is 5.32 Å². The van der Waals surface area contributed by atoms with Crippen molar-refractivity contribution in [2.75, 3.05) is 0 Å². The molecule has 5 nitrogen and oxygen atoms in total. The molecule has 0 spiro atoms. The second-order valence-electron chi connectivity index (χ2n) is 7.79. The van der Waals surface area contributed by atoms with E-state index in [1.165, 1.54) is 6.92 Å². The first-order valence-electron chi connectivity index (χ1n) is 10.2. The van der Waals surface area contributed by atoms with Gasteiger partial charge in [0, 0.05) is 6.04 Å². The number of benzene rings is 3. The molecular formula is C25H22F3NO4. The molecule has 8 heteroatoms. The highest BCUT2D eigenvalue weighted by Crippen LogP contribution is 2.26. The number of phenols is 1. The Labute approximate surface area is 188 Å². The summed E-state index contributed by atoms with van der Waals surface area (Å²) in [5.74, 6) is -9.56. The van der Waals surface area contributed by atoms with Crippen LogP contribution in [0.5, 0.6) is 5.75 Å². The minimum Gasteiger partial charge on any atom is -0.503 e. The van der Waals surface area contributed by atoms with Gasteiger partial charge in [0.15, 0.2) is 17.4 Å². The zero-order valence-corrected chi connectivity index (χ0v) is 17.7. The van der Waals surface area contributed by atoms with Crippen LogP contribution < -0.4 is 5.32 Å². The van der Waals surface area contributed by atoms with Gasteiger partial charge in [-0.25, -0.2) is 8.78 Å². The molecule has 3 aromatic carbocycles. The third-order valence-electron chi connectivity index (χ3n) is 5.32. The molecule has 0 aliphatic rings. The summed E-state index contributed by atoms with van der Waals surface area (Å²) in [5, 5.41) is 21.1. The molecule has 172 valence electrons. The zero-order chi connectivity index (χ0) is 24.1. The number of carboxylic acids is 1. The van der Waals surface area contributed by atoms with Gasteiger partial charge in [-0.15, -0.1) is 0 Å². The molecule has 0 saturated carbocycles.